The van der Waals surface area contributed by atoms with E-state index in [0.29, 0.717) is 29.3 Å². The number of nitrogens with zero attached hydrogens (tertiary/aromatic N) is 1. The maximum atomic E-state index is 11.4. The number of hydrogen-bond donors (Lipinski definition) is 1. The molecule has 5 nitrogen and oxygen atoms in total. The van der Waals surface area contributed by atoms with Crippen LogP contribution in [0.5, 0.6) is 5.75 Å². The highest BCUT2D eigenvalue weighted by Crippen LogP contribution is 2.37. The van der Waals surface area contributed by atoms with Crippen LogP contribution in [0.3, 0.4) is 0 Å². The minimum absolute atomic E-state index is 0.0542. The van der Waals surface area contributed by atoms with E-state index in [2.05, 4.69) is 11.6 Å². The van der Waals surface area contributed by atoms with Gasteiger partial charge in [0.2, 0.25) is 0 Å². The molecule has 0 aliphatic heterocycles. The molecule has 0 aromatic heterocycles. The van der Waals surface area contributed by atoms with Crippen LogP contribution in [0, 0.1) is 10.1 Å². The third-order valence-electron chi connectivity index (χ3n) is 3.72. The van der Waals surface area contributed by atoms with Crippen LogP contribution in [-0.2, 0) is 0 Å². The number of nitro groups is 1. The predicted molar refractivity (Wildman–Crippen MR) is 87.4 cm³/mol. The first-order valence-electron chi connectivity index (χ1n) is 7.35. The Morgan fingerprint density at radius 3 is 2.90 bits per heavy atom. The number of thioether (sulfide) groups is 1. The van der Waals surface area contributed by atoms with Gasteiger partial charge < -0.3 is 10.1 Å². The SMILES string of the molecule is CCCOc1cccc(NC2CCC(SC)C2)c1[N+](=O)[O-]. The Labute approximate surface area is 129 Å². The number of para-hydroxylation sites is 1. The van der Waals surface area contributed by atoms with Gasteiger partial charge in [0.05, 0.1) is 11.5 Å². The molecule has 1 saturated carbocycles. The first kappa shape index (κ1) is 15.9. The van der Waals surface area contributed by atoms with Gasteiger partial charge in [-0.2, -0.15) is 11.8 Å². The molecule has 1 aromatic rings. The van der Waals surface area contributed by atoms with Crippen molar-refractivity contribution < 1.29 is 9.66 Å². The largest absolute Gasteiger partial charge is 0.487 e. The Bertz CT molecular complexity index is 496. The number of nitro benzene ring substituents is 1. The minimum atomic E-state index is -0.353. The van der Waals surface area contributed by atoms with Crippen molar-refractivity contribution in [3.05, 3.63) is 28.3 Å². The molecule has 0 bridgehead atoms. The summed E-state index contributed by atoms with van der Waals surface area (Å²) in [5, 5.41) is 15.4. The molecule has 2 unspecified atom stereocenters. The number of nitrogens with one attached hydrogen (secondary N) is 1. The number of benzene rings is 1. The number of ether oxygens (including phenoxy) is 1. The number of rotatable bonds is 7. The molecule has 1 fully saturated rings. The fraction of sp³-hybridized carbons (Fsp3) is 0.600. The van der Waals surface area contributed by atoms with E-state index in [4.69, 9.17) is 4.74 Å². The summed E-state index contributed by atoms with van der Waals surface area (Å²) in [4.78, 5) is 11.0. The molecule has 116 valence electrons. The van der Waals surface area contributed by atoms with Gasteiger partial charge in [-0.05, 0) is 44.1 Å². The second-order valence-corrected chi connectivity index (χ2v) is 6.41. The summed E-state index contributed by atoms with van der Waals surface area (Å²) >= 11 is 1.87. The van der Waals surface area contributed by atoms with E-state index in [9.17, 15) is 10.1 Å². The third-order valence-corrected chi connectivity index (χ3v) is 4.82. The summed E-state index contributed by atoms with van der Waals surface area (Å²) in [5.74, 6) is 0.353. The highest BCUT2D eigenvalue weighted by atomic mass is 32.2. The van der Waals surface area contributed by atoms with E-state index in [1.807, 2.05) is 18.7 Å². The lowest BCUT2D eigenvalue weighted by molar-refractivity contribution is -0.385. The van der Waals surface area contributed by atoms with Crippen molar-refractivity contribution in [2.75, 3.05) is 18.2 Å². The lowest BCUT2D eigenvalue weighted by atomic mass is 10.2. The van der Waals surface area contributed by atoms with Gasteiger partial charge >= 0.3 is 5.69 Å². The van der Waals surface area contributed by atoms with Gasteiger partial charge in [-0.25, -0.2) is 0 Å². The summed E-state index contributed by atoms with van der Waals surface area (Å²) in [6, 6.07) is 5.55. The molecule has 0 heterocycles. The fourth-order valence-corrected chi connectivity index (χ4v) is 3.46. The molecule has 2 atom stereocenters. The topological polar surface area (TPSA) is 64.4 Å². The fourth-order valence-electron chi connectivity index (χ4n) is 2.66. The van der Waals surface area contributed by atoms with E-state index in [-0.39, 0.29) is 10.6 Å². The highest BCUT2D eigenvalue weighted by molar-refractivity contribution is 7.99. The Morgan fingerprint density at radius 1 is 1.48 bits per heavy atom. The quantitative estimate of drug-likeness (QED) is 0.607. The maximum absolute atomic E-state index is 11.4. The summed E-state index contributed by atoms with van der Waals surface area (Å²) in [7, 11) is 0. The van der Waals surface area contributed by atoms with Crippen LogP contribution < -0.4 is 10.1 Å². The van der Waals surface area contributed by atoms with Crippen LogP contribution in [0.1, 0.15) is 32.6 Å². The average molecular weight is 310 g/mol. The third kappa shape index (κ3) is 4.03. The van der Waals surface area contributed by atoms with Crippen LogP contribution >= 0.6 is 11.8 Å². The monoisotopic (exact) mass is 310 g/mol. The number of anilines is 1. The lowest BCUT2D eigenvalue weighted by Gasteiger charge is -2.15. The van der Waals surface area contributed by atoms with E-state index in [1.165, 1.54) is 6.42 Å². The van der Waals surface area contributed by atoms with E-state index in [0.717, 1.165) is 19.3 Å². The molecule has 1 aromatic carbocycles. The van der Waals surface area contributed by atoms with E-state index >= 15 is 0 Å². The predicted octanol–water partition coefficient (Wildman–Crippen LogP) is 4.08. The number of hydrogen-bond acceptors (Lipinski definition) is 5. The van der Waals surface area contributed by atoms with Crippen molar-refractivity contribution in [2.24, 2.45) is 0 Å². The van der Waals surface area contributed by atoms with Crippen LogP contribution in [0.25, 0.3) is 0 Å². The van der Waals surface area contributed by atoms with Gasteiger partial charge in [-0.3, -0.25) is 10.1 Å². The van der Waals surface area contributed by atoms with Gasteiger partial charge in [0.15, 0.2) is 5.75 Å². The normalized spacial score (nSPS) is 21.2. The molecule has 0 radical (unpaired) electrons. The molecular weight excluding hydrogens is 288 g/mol. The Morgan fingerprint density at radius 2 is 2.29 bits per heavy atom. The first-order chi connectivity index (χ1) is 10.2. The van der Waals surface area contributed by atoms with Gasteiger partial charge in [-0.1, -0.05) is 13.0 Å². The zero-order valence-electron chi connectivity index (χ0n) is 12.5. The van der Waals surface area contributed by atoms with Crippen LogP contribution in [0.2, 0.25) is 0 Å². The molecule has 1 N–H and O–H groups in total. The molecule has 0 amide bonds. The first-order valence-corrected chi connectivity index (χ1v) is 8.64. The Kier molecular flexibility index (Phi) is 5.73. The Hall–Kier alpha value is -1.43. The van der Waals surface area contributed by atoms with Crippen molar-refractivity contribution in [3.63, 3.8) is 0 Å². The highest BCUT2D eigenvalue weighted by Gasteiger charge is 2.27. The van der Waals surface area contributed by atoms with Gasteiger partial charge in [0.25, 0.3) is 0 Å². The minimum Gasteiger partial charge on any atom is -0.487 e. The molecule has 2 rings (SSSR count). The summed E-state index contributed by atoms with van der Waals surface area (Å²) < 4.78 is 5.51. The van der Waals surface area contributed by atoms with Crippen LogP contribution in [0.4, 0.5) is 11.4 Å². The smallest absolute Gasteiger partial charge is 0.333 e. The van der Waals surface area contributed by atoms with Gasteiger partial charge in [0, 0.05) is 11.3 Å². The second-order valence-electron chi connectivity index (χ2n) is 5.27. The van der Waals surface area contributed by atoms with Gasteiger partial charge in [-0.15, -0.1) is 0 Å². The van der Waals surface area contributed by atoms with E-state index < -0.39 is 0 Å². The maximum Gasteiger partial charge on any atom is 0.333 e. The van der Waals surface area contributed by atoms with Crippen molar-refractivity contribution >= 4 is 23.1 Å². The van der Waals surface area contributed by atoms with Crippen LogP contribution in [0.15, 0.2) is 18.2 Å². The molecular formula is C15H22N2O3S. The molecule has 0 saturated heterocycles. The molecule has 0 spiro atoms. The standard InChI is InChI=1S/C15H22N2O3S/c1-3-9-20-14-6-4-5-13(15(14)17(18)19)16-11-7-8-12(10-11)21-2/h4-6,11-12,16H,3,7-10H2,1-2H3. The van der Waals surface area contributed by atoms with Gasteiger partial charge in [0.1, 0.15) is 5.69 Å². The molecule has 1 aliphatic rings. The summed E-state index contributed by atoms with van der Waals surface area (Å²) in [6.45, 7) is 2.47. The van der Waals surface area contributed by atoms with Crippen molar-refractivity contribution in [1.82, 2.24) is 0 Å². The summed E-state index contributed by atoms with van der Waals surface area (Å²) in [5.41, 5.74) is 0.624. The van der Waals surface area contributed by atoms with E-state index in [1.54, 1.807) is 18.2 Å². The second kappa shape index (κ2) is 7.54. The molecule has 1 aliphatic carbocycles. The Balaban J connectivity index is 2.16. The summed E-state index contributed by atoms with van der Waals surface area (Å²) in [6.07, 6.45) is 6.22. The van der Waals surface area contributed by atoms with Crippen molar-refractivity contribution in [1.29, 1.82) is 0 Å². The average Bonchev–Trinajstić information content (AvgIpc) is 2.92. The zero-order valence-corrected chi connectivity index (χ0v) is 13.3. The van der Waals surface area contributed by atoms with Crippen molar-refractivity contribution in [2.45, 2.75) is 43.9 Å². The molecule has 6 heteroatoms. The van der Waals surface area contributed by atoms with Crippen molar-refractivity contribution in [3.8, 4) is 5.75 Å². The molecule has 21 heavy (non-hydrogen) atoms. The zero-order chi connectivity index (χ0) is 15.2. The van der Waals surface area contributed by atoms with Crippen LogP contribution in [-0.4, -0.2) is 29.1 Å². The lowest BCUT2D eigenvalue weighted by Crippen LogP contribution is -2.17.